The van der Waals surface area contributed by atoms with Gasteiger partial charge in [0, 0.05) is 0 Å². The second-order valence-corrected chi connectivity index (χ2v) is 3.29. The number of tetrazole rings is 1. The van der Waals surface area contributed by atoms with Gasteiger partial charge in [0.1, 0.15) is 11.4 Å². The van der Waals surface area contributed by atoms with Gasteiger partial charge >= 0.3 is 5.97 Å². The number of aromatic hydroxyl groups is 1. The van der Waals surface area contributed by atoms with Crippen molar-refractivity contribution in [3.8, 4) is 11.4 Å². The second kappa shape index (κ2) is 3.74. The summed E-state index contributed by atoms with van der Waals surface area (Å²) in [5.74, 6) is -1.34. The van der Waals surface area contributed by atoms with Gasteiger partial charge in [0.2, 0.25) is 4.77 Å². The van der Waals surface area contributed by atoms with E-state index in [4.69, 9.17) is 17.3 Å². The lowest BCUT2D eigenvalue weighted by molar-refractivity contribution is 0.0696. The second-order valence-electron chi connectivity index (χ2n) is 2.93. The molecular formula is C8H6N4O3S. The third-order valence-corrected chi connectivity index (χ3v) is 2.20. The monoisotopic (exact) mass is 238 g/mol. The third kappa shape index (κ3) is 1.65. The van der Waals surface area contributed by atoms with Gasteiger partial charge < -0.3 is 10.2 Å². The summed E-state index contributed by atoms with van der Waals surface area (Å²) >= 11 is 4.84. The van der Waals surface area contributed by atoms with Crippen molar-refractivity contribution in [2.24, 2.45) is 0 Å². The first-order chi connectivity index (χ1) is 7.59. The Labute approximate surface area is 93.9 Å². The van der Waals surface area contributed by atoms with Crippen LogP contribution in [-0.4, -0.2) is 36.4 Å². The van der Waals surface area contributed by atoms with E-state index in [0.29, 0.717) is 5.69 Å². The Morgan fingerprint density at radius 3 is 2.75 bits per heavy atom. The van der Waals surface area contributed by atoms with Crippen molar-refractivity contribution in [3.63, 3.8) is 0 Å². The third-order valence-electron chi connectivity index (χ3n) is 1.93. The number of nitrogens with zero attached hydrogens (tertiary/aromatic N) is 3. The summed E-state index contributed by atoms with van der Waals surface area (Å²) in [6.45, 7) is 0. The zero-order valence-electron chi connectivity index (χ0n) is 7.78. The van der Waals surface area contributed by atoms with E-state index in [9.17, 15) is 9.90 Å². The molecule has 2 aromatic rings. The van der Waals surface area contributed by atoms with E-state index in [-0.39, 0.29) is 16.1 Å². The molecule has 0 fully saturated rings. The van der Waals surface area contributed by atoms with E-state index < -0.39 is 5.97 Å². The summed E-state index contributed by atoms with van der Waals surface area (Å²) in [4.78, 5) is 10.6. The van der Waals surface area contributed by atoms with Crippen molar-refractivity contribution in [1.82, 2.24) is 20.2 Å². The fourth-order valence-corrected chi connectivity index (χ4v) is 1.38. The molecule has 0 radical (unpaired) electrons. The topological polar surface area (TPSA) is 104 Å². The van der Waals surface area contributed by atoms with Crippen molar-refractivity contribution in [1.29, 1.82) is 0 Å². The lowest BCUT2D eigenvalue weighted by atomic mass is 10.2. The number of aromatic nitrogens is 4. The summed E-state index contributed by atoms with van der Waals surface area (Å²) in [5, 5.41) is 27.8. The minimum atomic E-state index is -1.12. The van der Waals surface area contributed by atoms with E-state index >= 15 is 0 Å². The lowest BCUT2D eigenvalue weighted by Crippen LogP contribution is -2.00. The minimum absolute atomic E-state index is 0.0137. The summed E-state index contributed by atoms with van der Waals surface area (Å²) < 4.78 is 1.40. The molecule has 0 saturated heterocycles. The van der Waals surface area contributed by atoms with Gasteiger partial charge in [-0.2, -0.15) is 5.21 Å². The number of carbonyl (C=O) groups is 1. The first-order valence-electron chi connectivity index (χ1n) is 4.16. The van der Waals surface area contributed by atoms with Crippen LogP contribution in [0.25, 0.3) is 5.69 Å². The molecule has 0 amide bonds. The quantitative estimate of drug-likeness (QED) is 0.666. The van der Waals surface area contributed by atoms with Gasteiger partial charge in [0.05, 0.1) is 5.56 Å². The summed E-state index contributed by atoms with van der Waals surface area (Å²) in [6.07, 6.45) is 0. The molecule has 3 N–H and O–H groups in total. The highest BCUT2D eigenvalue weighted by Gasteiger charge is 2.10. The molecule has 0 bridgehead atoms. The van der Waals surface area contributed by atoms with Crippen LogP contribution in [0.5, 0.6) is 5.75 Å². The number of hydrogen-bond donors (Lipinski definition) is 3. The Morgan fingerprint density at radius 2 is 2.25 bits per heavy atom. The zero-order chi connectivity index (χ0) is 11.7. The van der Waals surface area contributed by atoms with E-state index in [1.165, 1.54) is 16.8 Å². The van der Waals surface area contributed by atoms with Gasteiger partial charge in [-0.05, 0) is 30.4 Å². The molecule has 8 heteroatoms. The molecule has 2 rings (SSSR count). The zero-order valence-corrected chi connectivity index (χ0v) is 8.60. The van der Waals surface area contributed by atoms with Crippen LogP contribution in [0.15, 0.2) is 18.2 Å². The van der Waals surface area contributed by atoms with Crippen molar-refractivity contribution in [2.75, 3.05) is 0 Å². The smallest absolute Gasteiger partial charge is 0.335 e. The van der Waals surface area contributed by atoms with Crippen LogP contribution < -0.4 is 0 Å². The fourth-order valence-electron chi connectivity index (χ4n) is 1.20. The molecule has 0 spiro atoms. The molecule has 0 aliphatic carbocycles. The van der Waals surface area contributed by atoms with Gasteiger partial charge in [-0.3, -0.25) is 0 Å². The van der Waals surface area contributed by atoms with E-state index in [1.54, 1.807) is 0 Å². The Morgan fingerprint density at radius 1 is 1.50 bits per heavy atom. The molecule has 82 valence electrons. The first kappa shape index (κ1) is 10.3. The van der Waals surface area contributed by atoms with Crippen LogP contribution in [0.4, 0.5) is 0 Å². The van der Waals surface area contributed by atoms with Crippen molar-refractivity contribution >= 4 is 18.2 Å². The summed E-state index contributed by atoms with van der Waals surface area (Å²) in [5.41, 5.74) is 0.278. The largest absolute Gasteiger partial charge is 0.506 e. The molecular weight excluding hydrogens is 232 g/mol. The number of aromatic carboxylic acids is 1. The molecule has 0 aliphatic heterocycles. The number of benzene rings is 1. The van der Waals surface area contributed by atoms with Crippen LogP contribution in [0.2, 0.25) is 0 Å². The predicted molar refractivity (Wildman–Crippen MR) is 55.2 cm³/mol. The number of hydrogen-bond acceptors (Lipinski definition) is 5. The van der Waals surface area contributed by atoms with Crippen LogP contribution in [-0.2, 0) is 0 Å². The van der Waals surface area contributed by atoms with Crippen LogP contribution in [0.1, 0.15) is 10.4 Å². The van der Waals surface area contributed by atoms with E-state index in [0.717, 1.165) is 6.07 Å². The summed E-state index contributed by atoms with van der Waals surface area (Å²) in [6, 6.07) is 3.88. The van der Waals surface area contributed by atoms with Gasteiger partial charge in [-0.25, -0.2) is 9.48 Å². The lowest BCUT2D eigenvalue weighted by Gasteiger charge is -2.04. The molecule has 1 heterocycles. The van der Waals surface area contributed by atoms with Gasteiger partial charge in [-0.15, -0.1) is 0 Å². The maximum absolute atomic E-state index is 10.6. The number of carboxylic acids is 1. The SMILES string of the molecule is O=C(O)c1ccc(-n2[nH]nnc2=S)c(O)c1. The number of nitrogens with one attached hydrogen (secondary N) is 1. The van der Waals surface area contributed by atoms with Crippen molar-refractivity contribution < 1.29 is 15.0 Å². The molecule has 0 aliphatic rings. The van der Waals surface area contributed by atoms with Crippen LogP contribution in [0.3, 0.4) is 0 Å². The Hall–Kier alpha value is -2.22. The number of phenolic OH excluding ortho intramolecular Hbond substituents is 1. The maximum Gasteiger partial charge on any atom is 0.335 e. The molecule has 0 saturated carbocycles. The van der Waals surface area contributed by atoms with Gasteiger partial charge in [0.15, 0.2) is 0 Å². The standard InChI is InChI=1S/C8H6N4O3S/c13-6-3-4(7(14)15)1-2-5(6)12-8(16)9-10-11-12/h1-3,13H,(H,14,15)(H,9,11,16). The number of carboxylic acid groups (broad SMARTS) is 1. The summed E-state index contributed by atoms with van der Waals surface area (Å²) in [7, 11) is 0. The highest BCUT2D eigenvalue weighted by Crippen LogP contribution is 2.22. The number of aromatic amines is 1. The van der Waals surface area contributed by atoms with E-state index in [2.05, 4.69) is 15.5 Å². The maximum atomic E-state index is 10.6. The van der Waals surface area contributed by atoms with Gasteiger partial charge in [0.25, 0.3) is 0 Å². The Balaban J connectivity index is 2.57. The highest BCUT2D eigenvalue weighted by atomic mass is 32.1. The predicted octanol–water partition coefficient (Wildman–Crippen LogP) is 0.729. The Kier molecular flexibility index (Phi) is 2.41. The number of rotatable bonds is 2. The fraction of sp³-hybridized carbons (Fsp3) is 0. The highest BCUT2D eigenvalue weighted by molar-refractivity contribution is 7.71. The molecule has 1 aromatic carbocycles. The van der Waals surface area contributed by atoms with Crippen molar-refractivity contribution in [2.45, 2.75) is 0 Å². The Bertz CT molecular complexity index is 603. The average Bonchev–Trinajstić information content (AvgIpc) is 2.64. The molecule has 0 atom stereocenters. The minimum Gasteiger partial charge on any atom is -0.506 e. The molecule has 0 unspecified atom stereocenters. The number of H-pyrrole nitrogens is 1. The molecule has 7 nitrogen and oxygen atoms in total. The first-order valence-corrected chi connectivity index (χ1v) is 4.57. The van der Waals surface area contributed by atoms with E-state index in [1.807, 2.05) is 0 Å². The van der Waals surface area contributed by atoms with Crippen LogP contribution >= 0.6 is 12.2 Å². The van der Waals surface area contributed by atoms with Crippen LogP contribution in [0, 0.1) is 4.77 Å². The normalized spacial score (nSPS) is 10.2. The van der Waals surface area contributed by atoms with Crippen molar-refractivity contribution in [3.05, 3.63) is 28.5 Å². The molecule has 1 aromatic heterocycles. The van der Waals surface area contributed by atoms with Gasteiger partial charge in [-0.1, -0.05) is 10.3 Å². The number of phenols is 1. The average molecular weight is 238 g/mol. The molecule has 16 heavy (non-hydrogen) atoms.